The Bertz CT molecular complexity index is 3050. The first-order valence-electron chi connectivity index (χ1n) is 22.4. The number of hydrogen-bond donors (Lipinski definition) is 2. The number of piperidine rings is 1. The van der Waals surface area contributed by atoms with Crippen LogP contribution in [0, 0.1) is 6.92 Å². The lowest BCUT2D eigenvalue weighted by atomic mass is 9.79. The van der Waals surface area contributed by atoms with Gasteiger partial charge in [0.25, 0.3) is 0 Å². The highest BCUT2D eigenvalue weighted by Crippen LogP contribution is 2.36. The highest BCUT2D eigenvalue weighted by atomic mass is 15.3. The lowest BCUT2D eigenvalue weighted by Gasteiger charge is -2.49. The topological polar surface area (TPSA) is 88.7 Å². The smallest absolute Gasteiger partial charge is 0.129 e. The van der Waals surface area contributed by atoms with Gasteiger partial charge in [-0.1, -0.05) is 30.3 Å². The molecular weight excluding hydrogens is 775 g/mol. The summed E-state index contributed by atoms with van der Waals surface area (Å²) in [6, 6.07) is 33.2. The van der Waals surface area contributed by atoms with Crippen LogP contribution in [0.1, 0.15) is 85.9 Å². The van der Waals surface area contributed by atoms with E-state index in [-0.39, 0.29) is 22.2 Å². The second kappa shape index (κ2) is 15.4. The van der Waals surface area contributed by atoms with Gasteiger partial charge in [-0.15, -0.1) is 0 Å². The van der Waals surface area contributed by atoms with E-state index in [1.165, 1.54) is 44.2 Å². The molecule has 2 aliphatic heterocycles. The molecule has 1 saturated heterocycles. The number of nitrogens with zero attached hydrogens (tertiary/aromatic N) is 7. The van der Waals surface area contributed by atoms with Gasteiger partial charge in [0.1, 0.15) is 5.82 Å². The highest BCUT2D eigenvalue weighted by molar-refractivity contribution is 5.91. The molecule has 0 amide bonds. The second-order valence-electron chi connectivity index (χ2n) is 20.9. The maximum absolute atomic E-state index is 5.03. The summed E-state index contributed by atoms with van der Waals surface area (Å²) in [6.45, 7) is 20.3. The molecule has 2 N–H and O–H groups in total. The average molecular weight is 838 g/mol. The Balaban J connectivity index is 0.000000160. The fourth-order valence-electron chi connectivity index (χ4n) is 10.7. The van der Waals surface area contributed by atoms with Crippen LogP contribution in [0.2, 0.25) is 0 Å². The summed E-state index contributed by atoms with van der Waals surface area (Å²) in [5.41, 5.74) is 12.8. The molecule has 9 heteroatoms. The molecule has 324 valence electrons. The summed E-state index contributed by atoms with van der Waals surface area (Å²) in [6.07, 6.45) is 9.64. The van der Waals surface area contributed by atoms with E-state index in [1.807, 2.05) is 23.5 Å². The van der Waals surface area contributed by atoms with Crippen molar-refractivity contribution in [2.75, 3.05) is 11.9 Å². The summed E-state index contributed by atoms with van der Waals surface area (Å²) < 4.78 is 3.74. The molecule has 4 aromatic carbocycles. The summed E-state index contributed by atoms with van der Waals surface area (Å²) in [4.78, 5) is 12.4. The monoisotopic (exact) mass is 838 g/mol. The second-order valence-corrected chi connectivity index (χ2v) is 20.9. The molecule has 0 saturated carbocycles. The first-order valence-corrected chi connectivity index (χ1v) is 22.4. The largest absolute Gasteiger partial charge is 0.357 e. The van der Waals surface area contributed by atoms with Crippen LogP contribution in [-0.2, 0) is 14.1 Å². The Morgan fingerprint density at radius 3 is 1.79 bits per heavy atom. The Kier molecular flexibility index (Phi) is 10.4. The number of aromatic nitrogens is 6. The van der Waals surface area contributed by atoms with E-state index in [0.717, 1.165) is 63.6 Å². The molecule has 2 aliphatic rings. The van der Waals surface area contributed by atoms with Crippen molar-refractivity contribution in [2.45, 2.75) is 110 Å². The maximum atomic E-state index is 5.03. The number of rotatable bonds is 5. The molecule has 0 bridgehead atoms. The fraction of sp³-hybridized carbons (Fsp3) is 0.370. The van der Waals surface area contributed by atoms with Gasteiger partial charge in [0.2, 0.25) is 0 Å². The van der Waals surface area contributed by atoms with Gasteiger partial charge in [-0.25, -0.2) is 9.97 Å². The molecule has 9 nitrogen and oxygen atoms in total. The quantitative estimate of drug-likeness (QED) is 0.178. The molecule has 0 unspecified atom stereocenters. The maximum Gasteiger partial charge on any atom is 0.129 e. The third kappa shape index (κ3) is 9.00. The van der Waals surface area contributed by atoms with Crippen molar-refractivity contribution < 1.29 is 0 Å². The number of benzene rings is 4. The zero-order chi connectivity index (χ0) is 44.6. The van der Waals surface area contributed by atoms with Crippen molar-refractivity contribution in [1.82, 2.24) is 40.2 Å². The predicted octanol–water partition coefficient (Wildman–Crippen LogP) is 11.6. The van der Waals surface area contributed by atoms with Crippen LogP contribution in [0.25, 0.3) is 71.4 Å². The molecule has 0 atom stereocenters. The lowest BCUT2D eigenvalue weighted by Crippen LogP contribution is -2.62. The van der Waals surface area contributed by atoms with Gasteiger partial charge in [0, 0.05) is 83.3 Å². The van der Waals surface area contributed by atoms with Crippen molar-refractivity contribution in [2.24, 2.45) is 14.1 Å². The van der Waals surface area contributed by atoms with Gasteiger partial charge in [-0.05, 0) is 182 Å². The Morgan fingerprint density at radius 1 is 0.571 bits per heavy atom. The zero-order valence-corrected chi connectivity index (χ0v) is 39.2. The third-order valence-electron chi connectivity index (χ3n) is 12.8. The Labute approximate surface area is 372 Å². The predicted molar refractivity (Wildman–Crippen MR) is 264 cm³/mol. The number of pyridine rings is 2. The summed E-state index contributed by atoms with van der Waals surface area (Å²) >= 11 is 0. The van der Waals surface area contributed by atoms with E-state index in [1.54, 1.807) is 0 Å². The lowest BCUT2D eigenvalue weighted by molar-refractivity contribution is 0.160. The minimum atomic E-state index is -0.0413. The molecule has 4 aromatic heterocycles. The van der Waals surface area contributed by atoms with E-state index < -0.39 is 0 Å². The van der Waals surface area contributed by atoms with Crippen LogP contribution in [0.15, 0.2) is 109 Å². The molecule has 0 aliphatic carbocycles. The van der Waals surface area contributed by atoms with Crippen LogP contribution in [0.5, 0.6) is 0 Å². The molecule has 63 heavy (non-hydrogen) atoms. The summed E-state index contributed by atoms with van der Waals surface area (Å²) in [5, 5.41) is 21.2. The first kappa shape index (κ1) is 42.4. The van der Waals surface area contributed by atoms with Gasteiger partial charge in [-0.3, -0.25) is 9.36 Å². The van der Waals surface area contributed by atoms with E-state index in [4.69, 9.17) is 9.97 Å². The highest BCUT2D eigenvalue weighted by Gasteiger charge is 2.39. The zero-order valence-electron chi connectivity index (χ0n) is 39.2. The van der Waals surface area contributed by atoms with Gasteiger partial charge in [0.15, 0.2) is 0 Å². The minimum Gasteiger partial charge on any atom is -0.357 e. The normalized spacial score (nSPS) is 18.1. The summed E-state index contributed by atoms with van der Waals surface area (Å²) in [5.74, 6) is 1.04. The molecule has 0 radical (unpaired) electrons. The van der Waals surface area contributed by atoms with Gasteiger partial charge in [0.05, 0.1) is 27.8 Å². The minimum absolute atomic E-state index is 0.0413. The first-order chi connectivity index (χ1) is 29.7. The molecule has 0 spiro atoms. The van der Waals surface area contributed by atoms with Crippen LogP contribution in [0.4, 0.5) is 5.82 Å². The Morgan fingerprint density at radius 2 is 1.13 bits per heavy atom. The number of anilines is 1. The average Bonchev–Trinajstić information content (AvgIpc) is 3.78. The van der Waals surface area contributed by atoms with Gasteiger partial charge >= 0.3 is 0 Å². The van der Waals surface area contributed by atoms with Crippen LogP contribution in [0.3, 0.4) is 0 Å². The van der Waals surface area contributed by atoms with Crippen molar-refractivity contribution in [1.29, 1.82) is 0 Å². The van der Waals surface area contributed by atoms with E-state index in [2.05, 4.69) is 205 Å². The van der Waals surface area contributed by atoms with Gasteiger partial charge in [-0.2, -0.15) is 10.2 Å². The fourth-order valence-corrected chi connectivity index (χ4v) is 10.7. The standard InChI is InChI=1S/C27H33N5.C27H30N4/c1-26(2)15-22(16-27(3,4)30-26)32(6)25-12-9-20-13-18(7-10-23(20)28-25)19-8-11-24-21(14-19)17-31(5)29-24;1-17-11-20(13-21-16-31(6)29-25(17)21)18-7-9-23-19(12-18)8-10-24(28-23)22-14-26(2,3)30-27(4,5)15-22/h7-14,17,22,30H,15-16H2,1-6H3;7-14,16,30H,15H2,1-6H3. The number of aryl methyl sites for hydroxylation is 3. The van der Waals surface area contributed by atoms with Crippen molar-refractivity contribution >= 4 is 55.0 Å². The Hall–Kier alpha value is -5.90. The van der Waals surface area contributed by atoms with Crippen molar-refractivity contribution in [3.63, 3.8) is 0 Å². The van der Waals surface area contributed by atoms with Crippen molar-refractivity contribution in [3.05, 3.63) is 121 Å². The molecule has 6 heterocycles. The van der Waals surface area contributed by atoms with E-state index in [0.29, 0.717) is 6.04 Å². The molecular formula is C54H63N9. The van der Waals surface area contributed by atoms with Crippen LogP contribution < -0.4 is 15.5 Å². The SMILES string of the molecule is CN(c1ccc2cc(-c3ccc4nn(C)cc4c3)ccc2n1)C1CC(C)(C)NC(C)(C)C1.Cc1cc(-c2ccc3nc(C4=CC(C)(C)NC(C)(C)C4)ccc3c2)cc2cn(C)nc12. The number of nitrogens with one attached hydrogen (secondary N) is 2. The van der Waals surface area contributed by atoms with E-state index >= 15 is 0 Å². The van der Waals surface area contributed by atoms with E-state index in [9.17, 15) is 0 Å². The third-order valence-corrected chi connectivity index (χ3v) is 12.8. The van der Waals surface area contributed by atoms with Crippen molar-refractivity contribution in [3.8, 4) is 22.3 Å². The number of hydrogen-bond acceptors (Lipinski definition) is 7. The van der Waals surface area contributed by atoms with Crippen LogP contribution >= 0.6 is 0 Å². The van der Waals surface area contributed by atoms with Crippen LogP contribution in [-0.4, -0.2) is 64.8 Å². The summed E-state index contributed by atoms with van der Waals surface area (Å²) in [7, 11) is 6.12. The molecule has 1 fully saturated rings. The molecule has 10 rings (SSSR count). The van der Waals surface area contributed by atoms with Gasteiger partial charge < -0.3 is 15.5 Å². The molecule has 8 aromatic rings. The number of fused-ring (bicyclic) bond motifs is 4.